The van der Waals surface area contributed by atoms with Gasteiger partial charge in [0.05, 0.1) is 5.39 Å². The number of halogens is 5. The molecule has 0 fully saturated rings. The van der Waals surface area contributed by atoms with Gasteiger partial charge in [-0.05, 0) is 41.5 Å². The van der Waals surface area contributed by atoms with E-state index in [1.165, 1.54) is 24.3 Å². The summed E-state index contributed by atoms with van der Waals surface area (Å²) in [5, 5.41) is -0.598. The van der Waals surface area contributed by atoms with Gasteiger partial charge in [-0.1, -0.05) is 44.2 Å². The van der Waals surface area contributed by atoms with Crippen LogP contribution in [0.3, 0.4) is 0 Å². The third-order valence-electron chi connectivity index (χ3n) is 4.62. The normalized spacial score (nSPS) is 12.4. The predicted octanol–water partition coefficient (Wildman–Crippen LogP) is 7.15. The van der Waals surface area contributed by atoms with E-state index in [0.717, 1.165) is 18.1 Å². The van der Waals surface area contributed by atoms with Crippen LogP contribution >= 0.6 is 0 Å². The van der Waals surface area contributed by atoms with E-state index in [4.69, 9.17) is 0 Å². The highest BCUT2D eigenvalue weighted by Gasteiger charge is 2.22. The van der Waals surface area contributed by atoms with Crippen LogP contribution in [0.4, 0.5) is 22.0 Å². The van der Waals surface area contributed by atoms with Crippen molar-refractivity contribution in [3.63, 3.8) is 0 Å². The van der Waals surface area contributed by atoms with E-state index in [2.05, 4.69) is 0 Å². The summed E-state index contributed by atoms with van der Waals surface area (Å²) in [6.45, 7) is 3.56. The minimum atomic E-state index is -1.46. The third kappa shape index (κ3) is 3.34. The third-order valence-corrected chi connectivity index (χ3v) is 4.62. The van der Waals surface area contributed by atoms with Crippen molar-refractivity contribution in [3.05, 3.63) is 82.2 Å². The fourth-order valence-corrected chi connectivity index (χ4v) is 2.99. The van der Waals surface area contributed by atoms with Crippen molar-refractivity contribution in [2.75, 3.05) is 0 Å². The summed E-state index contributed by atoms with van der Waals surface area (Å²) in [6, 6.07) is 9.65. The molecule has 0 bridgehead atoms. The van der Waals surface area contributed by atoms with Gasteiger partial charge in [0.1, 0.15) is 5.82 Å². The second kappa shape index (κ2) is 7.51. The van der Waals surface area contributed by atoms with Gasteiger partial charge in [0, 0.05) is 11.1 Å². The van der Waals surface area contributed by atoms with Gasteiger partial charge in [-0.2, -0.15) is 0 Å². The van der Waals surface area contributed by atoms with Crippen molar-refractivity contribution in [2.45, 2.75) is 26.7 Å². The Labute approximate surface area is 153 Å². The first-order chi connectivity index (χ1) is 12.9. The molecule has 0 heterocycles. The number of hydrogen-bond donors (Lipinski definition) is 0. The SMILES string of the molecule is CCc1ccc(C(F)=C(F)c2ccc3cc(CC)c(F)c(F)c3c2F)cc1. The molecule has 5 heteroatoms. The summed E-state index contributed by atoms with van der Waals surface area (Å²) in [6.07, 6.45) is 0.955. The Hall–Kier alpha value is -2.69. The van der Waals surface area contributed by atoms with E-state index < -0.39 is 40.1 Å². The molecule has 0 nitrogen and oxygen atoms in total. The molecule has 3 aromatic rings. The molecule has 0 aliphatic heterocycles. The van der Waals surface area contributed by atoms with E-state index in [9.17, 15) is 22.0 Å². The standard InChI is InChI=1S/C22H17F5/c1-3-12-5-7-14(8-6-12)19(24)21(26)16-10-9-15-11-13(4-2)18(23)22(27)17(15)20(16)25/h5-11H,3-4H2,1-2H3. The zero-order chi connectivity index (χ0) is 19.7. The van der Waals surface area contributed by atoms with E-state index in [-0.39, 0.29) is 22.9 Å². The molecule has 0 saturated carbocycles. The second-order valence-corrected chi connectivity index (χ2v) is 6.22. The van der Waals surface area contributed by atoms with Crippen LogP contribution in [0.2, 0.25) is 0 Å². The summed E-state index contributed by atoms with van der Waals surface area (Å²) in [7, 11) is 0. The van der Waals surface area contributed by atoms with Gasteiger partial charge >= 0.3 is 0 Å². The molecule has 0 aliphatic carbocycles. The maximum Gasteiger partial charge on any atom is 0.169 e. The van der Waals surface area contributed by atoms with Gasteiger partial charge in [0.25, 0.3) is 0 Å². The van der Waals surface area contributed by atoms with Gasteiger partial charge in [-0.25, -0.2) is 22.0 Å². The minimum Gasteiger partial charge on any atom is -0.205 e. The molecule has 0 N–H and O–H groups in total. The first kappa shape index (κ1) is 19.1. The average Bonchev–Trinajstić information content (AvgIpc) is 2.69. The van der Waals surface area contributed by atoms with Crippen LogP contribution in [-0.2, 0) is 12.8 Å². The van der Waals surface area contributed by atoms with Crippen LogP contribution < -0.4 is 0 Å². The van der Waals surface area contributed by atoms with Crippen LogP contribution in [0, 0.1) is 17.5 Å². The van der Waals surface area contributed by atoms with Crippen molar-refractivity contribution in [2.24, 2.45) is 0 Å². The number of rotatable bonds is 4. The van der Waals surface area contributed by atoms with Crippen molar-refractivity contribution < 1.29 is 22.0 Å². The van der Waals surface area contributed by atoms with E-state index in [1.807, 2.05) is 6.92 Å². The zero-order valence-corrected chi connectivity index (χ0v) is 14.8. The van der Waals surface area contributed by atoms with E-state index in [0.29, 0.717) is 0 Å². The molecule has 0 amide bonds. The van der Waals surface area contributed by atoms with Crippen LogP contribution in [0.5, 0.6) is 0 Å². The summed E-state index contributed by atoms with van der Waals surface area (Å²) >= 11 is 0. The number of benzene rings is 3. The van der Waals surface area contributed by atoms with Crippen LogP contribution in [0.1, 0.15) is 36.1 Å². The largest absolute Gasteiger partial charge is 0.205 e. The van der Waals surface area contributed by atoms with Crippen molar-refractivity contribution in [3.8, 4) is 0 Å². The summed E-state index contributed by atoms with van der Waals surface area (Å²) in [5.74, 6) is -6.63. The first-order valence-electron chi connectivity index (χ1n) is 8.63. The van der Waals surface area contributed by atoms with Gasteiger partial charge in [0.2, 0.25) is 0 Å². The van der Waals surface area contributed by atoms with Gasteiger partial charge < -0.3 is 0 Å². The monoisotopic (exact) mass is 376 g/mol. The average molecular weight is 376 g/mol. The highest BCUT2D eigenvalue weighted by molar-refractivity contribution is 5.91. The van der Waals surface area contributed by atoms with Crippen LogP contribution in [0.15, 0.2) is 42.5 Å². The lowest BCUT2D eigenvalue weighted by molar-refractivity contribution is 0.503. The van der Waals surface area contributed by atoms with Gasteiger partial charge in [-0.3, -0.25) is 0 Å². The van der Waals surface area contributed by atoms with Crippen LogP contribution in [0.25, 0.3) is 22.4 Å². The quantitative estimate of drug-likeness (QED) is 0.335. The summed E-state index contributed by atoms with van der Waals surface area (Å²) < 4.78 is 72.2. The lowest BCUT2D eigenvalue weighted by Crippen LogP contribution is -1.99. The van der Waals surface area contributed by atoms with Crippen LogP contribution in [-0.4, -0.2) is 0 Å². The molecule has 0 unspecified atom stereocenters. The number of hydrogen-bond acceptors (Lipinski definition) is 0. The van der Waals surface area contributed by atoms with Crippen molar-refractivity contribution >= 4 is 22.4 Å². The molecular weight excluding hydrogens is 359 g/mol. The zero-order valence-electron chi connectivity index (χ0n) is 14.8. The molecule has 0 atom stereocenters. The fraction of sp³-hybridized carbons (Fsp3) is 0.182. The summed E-state index contributed by atoms with van der Waals surface area (Å²) in [4.78, 5) is 0. The van der Waals surface area contributed by atoms with Gasteiger partial charge in [0.15, 0.2) is 23.3 Å². The maximum atomic E-state index is 14.7. The van der Waals surface area contributed by atoms with E-state index in [1.54, 1.807) is 19.1 Å². The molecular formula is C22H17F5. The molecule has 0 radical (unpaired) electrons. The Morgan fingerprint density at radius 2 is 1.41 bits per heavy atom. The summed E-state index contributed by atoms with van der Waals surface area (Å²) in [5.41, 5.74) is 0.220. The second-order valence-electron chi connectivity index (χ2n) is 6.22. The molecule has 0 aromatic heterocycles. The Morgan fingerprint density at radius 3 is 2.00 bits per heavy atom. The lowest BCUT2D eigenvalue weighted by Gasteiger charge is -2.10. The van der Waals surface area contributed by atoms with Crippen molar-refractivity contribution in [1.29, 1.82) is 0 Å². The topological polar surface area (TPSA) is 0 Å². The molecule has 0 aliphatic rings. The van der Waals surface area contributed by atoms with Gasteiger partial charge in [-0.15, -0.1) is 0 Å². The highest BCUT2D eigenvalue weighted by Crippen LogP contribution is 2.35. The highest BCUT2D eigenvalue weighted by atomic mass is 19.2. The minimum absolute atomic E-state index is 0.0582. The number of aryl methyl sites for hydroxylation is 2. The Bertz CT molecular complexity index is 1030. The smallest absolute Gasteiger partial charge is 0.169 e. The Balaban J connectivity index is 2.18. The molecule has 27 heavy (non-hydrogen) atoms. The predicted molar refractivity (Wildman–Crippen MR) is 98.1 cm³/mol. The Morgan fingerprint density at radius 1 is 0.741 bits per heavy atom. The Kier molecular flexibility index (Phi) is 5.31. The van der Waals surface area contributed by atoms with Crippen molar-refractivity contribution in [1.82, 2.24) is 0 Å². The molecule has 0 spiro atoms. The fourth-order valence-electron chi connectivity index (χ4n) is 2.99. The first-order valence-corrected chi connectivity index (χ1v) is 8.63. The molecule has 0 saturated heterocycles. The molecule has 140 valence electrons. The van der Waals surface area contributed by atoms with E-state index >= 15 is 0 Å². The maximum absolute atomic E-state index is 14.7. The lowest BCUT2D eigenvalue weighted by atomic mass is 9.99. The number of fused-ring (bicyclic) bond motifs is 1. The molecule has 3 aromatic carbocycles. The molecule has 3 rings (SSSR count).